The fourth-order valence-electron chi connectivity index (χ4n) is 2.46. The fourth-order valence-corrected chi connectivity index (χ4v) is 3.40. The van der Waals surface area contributed by atoms with Crippen LogP contribution in [0.25, 0.3) is 6.08 Å². The van der Waals surface area contributed by atoms with E-state index in [1.807, 2.05) is 19.9 Å². The van der Waals surface area contributed by atoms with Crippen molar-refractivity contribution in [2.75, 3.05) is 19.4 Å². The van der Waals surface area contributed by atoms with E-state index in [-0.39, 0.29) is 10.8 Å². The van der Waals surface area contributed by atoms with E-state index in [9.17, 15) is 13.2 Å². The van der Waals surface area contributed by atoms with Gasteiger partial charge in [-0.25, -0.2) is 12.7 Å². The van der Waals surface area contributed by atoms with Gasteiger partial charge < -0.3 is 5.32 Å². The number of amides is 1. The Labute approximate surface area is 155 Å². The molecule has 0 unspecified atom stereocenters. The highest BCUT2D eigenvalue weighted by molar-refractivity contribution is 7.89. The standard InChI is InChI=1S/C20H24N2O3S/c1-14-11-16(3)17(12-15(14)2)9-10-20(23)21-18-7-6-8-19(13-18)26(24,25)22(4)5/h6-13H,1-5H3,(H,21,23)/b10-9+. The van der Waals surface area contributed by atoms with Crippen molar-refractivity contribution in [3.63, 3.8) is 0 Å². The SMILES string of the molecule is Cc1cc(C)c(/C=C/C(=O)Nc2cccc(S(=O)(=O)N(C)C)c2)cc1C. The average molecular weight is 372 g/mol. The molecule has 1 amide bonds. The van der Waals surface area contributed by atoms with Crippen LogP contribution < -0.4 is 5.32 Å². The summed E-state index contributed by atoms with van der Waals surface area (Å²) in [5.41, 5.74) is 4.88. The van der Waals surface area contributed by atoms with E-state index in [0.29, 0.717) is 5.69 Å². The predicted molar refractivity (Wildman–Crippen MR) is 106 cm³/mol. The Bertz CT molecular complexity index is 961. The number of sulfonamides is 1. The van der Waals surface area contributed by atoms with Gasteiger partial charge in [0.2, 0.25) is 15.9 Å². The number of carbonyl (C=O) groups excluding carboxylic acids is 1. The van der Waals surface area contributed by atoms with Crippen LogP contribution in [0.4, 0.5) is 5.69 Å². The number of nitrogens with one attached hydrogen (secondary N) is 1. The van der Waals surface area contributed by atoms with E-state index in [0.717, 1.165) is 21.0 Å². The summed E-state index contributed by atoms with van der Waals surface area (Å²) in [4.78, 5) is 12.3. The van der Waals surface area contributed by atoms with E-state index >= 15 is 0 Å². The minimum absolute atomic E-state index is 0.134. The molecule has 138 valence electrons. The van der Waals surface area contributed by atoms with Gasteiger partial charge in [0.05, 0.1) is 4.90 Å². The van der Waals surface area contributed by atoms with Gasteiger partial charge in [-0.3, -0.25) is 4.79 Å². The van der Waals surface area contributed by atoms with Crippen molar-refractivity contribution in [3.05, 3.63) is 64.7 Å². The Morgan fingerprint density at radius 3 is 2.31 bits per heavy atom. The summed E-state index contributed by atoms with van der Waals surface area (Å²) in [6, 6.07) is 10.3. The molecule has 0 fully saturated rings. The van der Waals surface area contributed by atoms with E-state index in [2.05, 4.69) is 18.3 Å². The van der Waals surface area contributed by atoms with E-state index in [4.69, 9.17) is 0 Å². The monoisotopic (exact) mass is 372 g/mol. The second-order valence-corrected chi connectivity index (χ2v) is 8.58. The molecule has 0 saturated carbocycles. The van der Waals surface area contributed by atoms with E-state index < -0.39 is 10.0 Å². The van der Waals surface area contributed by atoms with Crippen molar-refractivity contribution in [1.82, 2.24) is 4.31 Å². The molecule has 5 nitrogen and oxygen atoms in total. The van der Waals surface area contributed by atoms with Crippen LogP contribution in [0.5, 0.6) is 0 Å². The number of anilines is 1. The predicted octanol–water partition coefficient (Wildman–Crippen LogP) is 3.51. The van der Waals surface area contributed by atoms with Crippen molar-refractivity contribution in [2.24, 2.45) is 0 Å². The first-order valence-corrected chi connectivity index (χ1v) is 9.65. The summed E-state index contributed by atoms with van der Waals surface area (Å²) < 4.78 is 25.5. The van der Waals surface area contributed by atoms with Crippen molar-refractivity contribution in [1.29, 1.82) is 0 Å². The first-order valence-electron chi connectivity index (χ1n) is 8.21. The quantitative estimate of drug-likeness (QED) is 0.817. The minimum Gasteiger partial charge on any atom is -0.322 e. The summed E-state index contributed by atoms with van der Waals surface area (Å²) in [5.74, 6) is -0.318. The molecule has 2 aromatic rings. The average Bonchev–Trinajstić information content (AvgIpc) is 2.57. The highest BCUT2D eigenvalue weighted by Crippen LogP contribution is 2.19. The molecule has 0 aliphatic heterocycles. The third-order valence-corrected chi connectivity index (χ3v) is 5.99. The molecule has 0 saturated heterocycles. The number of hydrogen-bond acceptors (Lipinski definition) is 3. The number of hydrogen-bond donors (Lipinski definition) is 1. The number of benzene rings is 2. The normalized spacial score (nSPS) is 11.9. The zero-order valence-corrected chi connectivity index (χ0v) is 16.5. The second kappa shape index (κ2) is 7.85. The molecule has 0 spiro atoms. The molecule has 0 heterocycles. The largest absolute Gasteiger partial charge is 0.322 e. The van der Waals surface area contributed by atoms with Crippen LogP contribution in [0.2, 0.25) is 0 Å². The third-order valence-electron chi connectivity index (χ3n) is 4.18. The molecular formula is C20H24N2O3S. The summed E-state index contributed by atoms with van der Waals surface area (Å²) in [7, 11) is -0.606. The molecular weight excluding hydrogens is 348 g/mol. The van der Waals surface area contributed by atoms with Gasteiger partial charge in [0.25, 0.3) is 0 Å². The third kappa shape index (κ3) is 4.59. The Hall–Kier alpha value is -2.44. The number of aryl methyl sites for hydroxylation is 3. The maximum atomic E-state index is 12.2. The Balaban J connectivity index is 2.17. The maximum absolute atomic E-state index is 12.2. The van der Waals surface area contributed by atoms with Crippen LogP contribution in [0.1, 0.15) is 22.3 Å². The van der Waals surface area contributed by atoms with Crippen LogP contribution >= 0.6 is 0 Å². The molecule has 0 atom stereocenters. The molecule has 2 rings (SSSR count). The van der Waals surface area contributed by atoms with Crippen molar-refractivity contribution >= 4 is 27.7 Å². The van der Waals surface area contributed by atoms with Gasteiger partial charge in [0.15, 0.2) is 0 Å². The van der Waals surface area contributed by atoms with Crippen molar-refractivity contribution < 1.29 is 13.2 Å². The number of carbonyl (C=O) groups is 1. The van der Waals surface area contributed by atoms with Gasteiger partial charge in [0, 0.05) is 25.9 Å². The molecule has 26 heavy (non-hydrogen) atoms. The molecule has 6 heteroatoms. The van der Waals surface area contributed by atoms with Gasteiger partial charge in [-0.05, 0) is 67.3 Å². The van der Waals surface area contributed by atoms with Crippen LogP contribution in [0.15, 0.2) is 47.4 Å². The molecule has 0 aromatic heterocycles. The lowest BCUT2D eigenvalue weighted by Crippen LogP contribution is -2.22. The molecule has 0 radical (unpaired) electrons. The lowest BCUT2D eigenvalue weighted by molar-refractivity contribution is -0.111. The molecule has 1 N–H and O–H groups in total. The Kier molecular flexibility index (Phi) is 6.00. The molecule has 2 aromatic carbocycles. The van der Waals surface area contributed by atoms with Gasteiger partial charge in [-0.2, -0.15) is 0 Å². The van der Waals surface area contributed by atoms with Crippen LogP contribution in [-0.4, -0.2) is 32.7 Å². The Morgan fingerprint density at radius 1 is 1.00 bits per heavy atom. The van der Waals surface area contributed by atoms with Crippen molar-refractivity contribution in [2.45, 2.75) is 25.7 Å². The molecule has 0 bridgehead atoms. The Morgan fingerprint density at radius 2 is 1.65 bits per heavy atom. The first kappa shape index (κ1) is 19.9. The number of nitrogens with zero attached hydrogens (tertiary/aromatic N) is 1. The minimum atomic E-state index is -3.54. The first-order chi connectivity index (χ1) is 12.1. The highest BCUT2D eigenvalue weighted by atomic mass is 32.2. The lowest BCUT2D eigenvalue weighted by Gasteiger charge is -2.12. The van der Waals surface area contributed by atoms with Gasteiger partial charge in [-0.1, -0.05) is 18.2 Å². The smallest absolute Gasteiger partial charge is 0.248 e. The summed E-state index contributed by atoms with van der Waals surface area (Å²) in [5, 5.41) is 2.70. The number of rotatable bonds is 5. The fraction of sp³-hybridized carbons (Fsp3) is 0.250. The van der Waals surface area contributed by atoms with E-state index in [1.54, 1.807) is 18.2 Å². The molecule has 0 aliphatic carbocycles. The van der Waals surface area contributed by atoms with Gasteiger partial charge in [-0.15, -0.1) is 0 Å². The van der Waals surface area contributed by atoms with Crippen molar-refractivity contribution in [3.8, 4) is 0 Å². The second-order valence-electron chi connectivity index (χ2n) is 6.43. The topological polar surface area (TPSA) is 66.5 Å². The molecule has 0 aliphatic rings. The van der Waals surface area contributed by atoms with Crippen LogP contribution in [0.3, 0.4) is 0 Å². The summed E-state index contributed by atoms with van der Waals surface area (Å²) in [6.45, 7) is 6.08. The summed E-state index contributed by atoms with van der Waals surface area (Å²) in [6.07, 6.45) is 3.21. The van der Waals surface area contributed by atoms with Gasteiger partial charge in [0.1, 0.15) is 0 Å². The van der Waals surface area contributed by atoms with E-state index in [1.165, 1.54) is 37.9 Å². The van der Waals surface area contributed by atoms with Gasteiger partial charge >= 0.3 is 0 Å². The van der Waals surface area contributed by atoms with Crippen LogP contribution in [-0.2, 0) is 14.8 Å². The summed E-state index contributed by atoms with van der Waals surface area (Å²) >= 11 is 0. The maximum Gasteiger partial charge on any atom is 0.248 e. The lowest BCUT2D eigenvalue weighted by atomic mass is 10.0. The highest BCUT2D eigenvalue weighted by Gasteiger charge is 2.17. The zero-order valence-electron chi connectivity index (χ0n) is 15.7. The van der Waals surface area contributed by atoms with Crippen LogP contribution in [0, 0.1) is 20.8 Å². The zero-order chi connectivity index (χ0) is 19.5.